The quantitative estimate of drug-likeness (QED) is 0.707. The maximum Gasteiger partial charge on any atom is 0.321 e. The second-order valence-electron chi connectivity index (χ2n) is 7.55. The molecule has 9 nitrogen and oxygen atoms in total. The van der Waals surface area contributed by atoms with Crippen molar-refractivity contribution in [3.63, 3.8) is 0 Å². The van der Waals surface area contributed by atoms with Gasteiger partial charge in [-0.1, -0.05) is 0 Å². The summed E-state index contributed by atoms with van der Waals surface area (Å²) in [4.78, 5) is 31.0. The van der Waals surface area contributed by atoms with Crippen LogP contribution >= 0.6 is 12.4 Å². The SMILES string of the molecule is COc1cc(NC(=O)N2CCN(CC(=O)N3CCCCC3)CC2)cc(OC)c1OC.Cl. The Hall–Kier alpha value is -2.39. The maximum atomic E-state index is 12.7. The summed E-state index contributed by atoms with van der Waals surface area (Å²) in [6, 6.07) is 3.21. The Kier molecular flexibility index (Phi) is 9.51. The Balaban J connectivity index is 0.00000341. The third-order valence-corrected chi connectivity index (χ3v) is 5.64. The van der Waals surface area contributed by atoms with Gasteiger partial charge in [-0.05, 0) is 19.3 Å². The number of carbonyl (C=O) groups excluding carboxylic acids is 2. The molecule has 0 saturated carbocycles. The van der Waals surface area contributed by atoms with E-state index in [-0.39, 0.29) is 24.3 Å². The minimum absolute atomic E-state index is 0. The monoisotopic (exact) mass is 456 g/mol. The fourth-order valence-electron chi connectivity index (χ4n) is 3.90. The van der Waals surface area contributed by atoms with Crippen LogP contribution in [0.2, 0.25) is 0 Å². The molecule has 2 fully saturated rings. The smallest absolute Gasteiger partial charge is 0.321 e. The van der Waals surface area contributed by atoms with Crippen molar-refractivity contribution in [1.82, 2.24) is 14.7 Å². The Bertz CT molecular complexity index is 724. The van der Waals surface area contributed by atoms with E-state index in [9.17, 15) is 9.59 Å². The van der Waals surface area contributed by atoms with Crippen LogP contribution in [-0.4, -0.2) is 93.8 Å². The second-order valence-corrected chi connectivity index (χ2v) is 7.55. The summed E-state index contributed by atoms with van der Waals surface area (Å²) in [6.45, 7) is 4.69. The largest absolute Gasteiger partial charge is 0.493 e. The highest BCUT2D eigenvalue weighted by Gasteiger charge is 2.25. The zero-order chi connectivity index (χ0) is 21.5. The third-order valence-electron chi connectivity index (χ3n) is 5.64. The number of hydrogen-bond acceptors (Lipinski definition) is 6. The van der Waals surface area contributed by atoms with Crippen molar-refractivity contribution in [2.45, 2.75) is 19.3 Å². The summed E-state index contributed by atoms with van der Waals surface area (Å²) >= 11 is 0. The lowest BCUT2D eigenvalue weighted by molar-refractivity contribution is -0.133. The van der Waals surface area contributed by atoms with Gasteiger partial charge in [-0.3, -0.25) is 9.69 Å². The van der Waals surface area contributed by atoms with Gasteiger partial charge in [-0.15, -0.1) is 12.4 Å². The first-order chi connectivity index (χ1) is 14.5. The van der Waals surface area contributed by atoms with E-state index in [4.69, 9.17) is 14.2 Å². The van der Waals surface area contributed by atoms with E-state index in [1.165, 1.54) is 27.8 Å². The summed E-state index contributed by atoms with van der Waals surface area (Å²) in [6.07, 6.45) is 3.41. The topological polar surface area (TPSA) is 83.6 Å². The third kappa shape index (κ3) is 6.30. The van der Waals surface area contributed by atoms with Gasteiger partial charge < -0.3 is 29.3 Å². The summed E-state index contributed by atoms with van der Waals surface area (Å²) in [5.41, 5.74) is 0.567. The van der Waals surface area contributed by atoms with Crippen LogP contribution in [0.25, 0.3) is 0 Å². The number of amides is 3. The number of hydrogen-bond donors (Lipinski definition) is 1. The fraction of sp³-hybridized carbons (Fsp3) is 0.619. The summed E-state index contributed by atoms with van der Waals surface area (Å²) in [7, 11) is 4.61. The Morgan fingerprint density at radius 1 is 0.839 bits per heavy atom. The molecule has 2 saturated heterocycles. The summed E-state index contributed by atoms with van der Waals surface area (Å²) in [5.74, 6) is 1.64. The van der Waals surface area contributed by atoms with Crippen molar-refractivity contribution < 1.29 is 23.8 Å². The number of piperazine rings is 1. The molecule has 0 bridgehead atoms. The number of ether oxygens (including phenoxy) is 3. The molecule has 0 radical (unpaired) electrons. The van der Waals surface area contributed by atoms with Gasteiger partial charge in [0, 0.05) is 51.4 Å². The number of carbonyl (C=O) groups is 2. The van der Waals surface area contributed by atoms with Gasteiger partial charge in [0.15, 0.2) is 11.5 Å². The van der Waals surface area contributed by atoms with E-state index < -0.39 is 0 Å². The molecular weight excluding hydrogens is 424 g/mol. The van der Waals surface area contributed by atoms with Gasteiger partial charge in [0.25, 0.3) is 0 Å². The van der Waals surface area contributed by atoms with Gasteiger partial charge in [-0.2, -0.15) is 0 Å². The zero-order valence-corrected chi connectivity index (χ0v) is 19.3. The molecule has 2 aliphatic heterocycles. The molecule has 174 valence electrons. The number of piperidine rings is 1. The van der Waals surface area contributed by atoms with E-state index in [2.05, 4.69) is 10.2 Å². The summed E-state index contributed by atoms with van der Waals surface area (Å²) < 4.78 is 16.0. The molecule has 1 aromatic carbocycles. The molecule has 1 N–H and O–H groups in total. The standard InChI is InChI=1S/C21H32N4O5.ClH/c1-28-17-13-16(14-18(29-2)20(17)30-3)22-21(27)25-11-9-23(10-12-25)15-19(26)24-7-5-4-6-8-24;/h13-14H,4-12,15H2,1-3H3,(H,22,27);1H. The number of benzene rings is 1. The molecule has 0 aliphatic carbocycles. The highest BCUT2D eigenvalue weighted by atomic mass is 35.5. The first kappa shape index (κ1) is 24.9. The van der Waals surface area contributed by atoms with Gasteiger partial charge in [-0.25, -0.2) is 4.79 Å². The summed E-state index contributed by atoms with van der Waals surface area (Å²) in [5, 5.41) is 2.90. The predicted molar refractivity (Wildman–Crippen MR) is 121 cm³/mol. The van der Waals surface area contributed by atoms with E-state index in [0.29, 0.717) is 55.7 Å². The van der Waals surface area contributed by atoms with Crippen LogP contribution in [0.5, 0.6) is 17.2 Å². The first-order valence-corrected chi connectivity index (χ1v) is 10.4. The normalized spacial score (nSPS) is 16.9. The van der Waals surface area contributed by atoms with Crippen LogP contribution in [-0.2, 0) is 4.79 Å². The number of urea groups is 1. The number of methoxy groups -OCH3 is 3. The molecule has 10 heteroatoms. The van der Waals surface area contributed by atoms with Crippen molar-refractivity contribution in [2.75, 3.05) is 72.5 Å². The molecule has 1 aromatic rings. The maximum absolute atomic E-state index is 12.7. The molecule has 0 aromatic heterocycles. The minimum Gasteiger partial charge on any atom is -0.493 e. The van der Waals surface area contributed by atoms with Gasteiger partial charge in [0.1, 0.15) is 0 Å². The van der Waals surface area contributed by atoms with Crippen molar-refractivity contribution in [3.05, 3.63) is 12.1 Å². The van der Waals surface area contributed by atoms with Gasteiger partial charge >= 0.3 is 6.03 Å². The number of nitrogens with one attached hydrogen (secondary N) is 1. The molecule has 3 rings (SSSR count). The minimum atomic E-state index is -0.189. The Morgan fingerprint density at radius 3 is 1.94 bits per heavy atom. The van der Waals surface area contributed by atoms with Crippen molar-refractivity contribution in [2.24, 2.45) is 0 Å². The van der Waals surface area contributed by atoms with Crippen molar-refractivity contribution in [3.8, 4) is 17.2 Å². The van der Waals surface area contributed by atoms with Gasteiger partial charge in [0.05, 0.1) is 33.6 Å². The lowest BCUT2D eigenvalue weighted by Crippen LogP contribution is -2.52. The average Bonchev–Trinajstić information content (AvgIpc) is 2.79. The molecule has 31 heavy (non-hydrogen) atoms. The lowest BCUT2D eigenvalue weighted by Gasteiger charge is -2.36. The van der Waals surface area contributed by atoms with Crippen LogP contribution in [0.4, 0.5) is 10.5 Å². The molecular formula is C21H33ClN4O5. The van der Waals surface area contributed by atoms with E-state index in [1.807, 2.05) is 4.90 Å². The number of halogens is 1. The molecule has 2 aliphatic rings. The predicted octanol–water partition coefficient (Wildman–Crippen LogP) is 2.30. The highest BCUT2D eigenvalue weighted by molar-refractivity contribution is 5.90. The van der Waals surface area contributed by atoms with Crippen LogP contribution in [0.3, 0.4) is 0 Å². The van der Waals surface area contributed by atoms with Crippen LogP contribution in [0, 0.1) is 0 Å². The number of nitrogens with zero attached hydrogens (tertiary/aromatic N) is 3. The van der Waals surface area contributed by atoms with E-state index >= 15 is 0 Å². The molecule has 0 spiro atoms. The van der Waals surface area contributed by atoms with E-state index in [1.54, 1.807) is 17.0 Å². The first-order valence-electron chi connectivity index (χ1n) is 10.4. The molecule has 0 atom stereocenters. The lowest BCUT2D eigenvalue weighted by atomic mass is 10.1. The Labute approximate surface area is 190 Å². The highest BCUT2D eigenvalue weighted by Crippen LogP contribution is 2.40. The number of likely N-dealkylation sites (tertiary alicyclic amines) is 1. The molecule has 2 heterocycles. The zero-order valence-electron chi connectivity index (χ0n) is 18.5. The molecule has 0 unspecified atom stereocenters. The second kappa shape index (κ2) is 11.9. The van der Waals surface area contributed by atoms with E-state index in [0.717, 1.165) is 25.9 Å². The molecule has 3 amide bonds. The fourth-order valence-corrected chi connectivity index (χ4v) is 3.90. The number of rotatable bonds is 6. The Morgan fingerprint density at radius 2 is 1.42 bits per heavy atom. The van der Waals surface area contributed by atoms with Gasteiger partial charge in [0.2, 0.25) is 11.7 Å². The van der Waals surface area contributed by atoms with Crippen LogP contribution in [0.1, 0.15) is 19.3 Å². The average molecular weight is 457 g/mol. The van der Waals surface area contributed by atoms with Crippen LogP contribution < -0.4 is 19.5 Å². The number of anilines is 1. The van der Waals surface area contributed by atoms with Crippen molar-refractivity contribution >= 4 is 30.0 Å². The van der Waals surface area contributed by atoms with Crippen molar-refractivity contribution in [1.29, 1.82) is 0 Å². The van der Waals surface area contributed by atoms with Crippen LogP contribution in [0.15, 0.2) is 12.1 Å².